The van der Waals surface area contributed by atoms with Crippen molar-refractivity contribution in [2.45, 2.75) is 12.6 Å². The fourth-order valence-electron chi connectivity index (χ4n) is 2.73. The van der Waals surface area contributed by atoms with Crippen molar-refractivity contribution in [3.05, 3.63) is 52.3 Å². The third-order valence-corrected chi connectivity index (χ3v) is 3.90. The average Bonchev–Trinajstić information content (AvgIpc) is 2.87. The quantitative estimate of drug-likeness (QED) is 0.741. The summed E-state index contributed by atoms with van der Waals surface area (Å²) in [5.41, 5.74) is -4.62. The highest BCUT2D eigenvalue weighted by Crippen LogP contribution is 2.39. The number of benzene rings is 1. The lowest BCUT2D eigenvalue weighted by molar-refractivity contribution is -0.139. The van der Waals surface area contributed by atoms with Gasteiger partial charge >= 0.3 is 18.1 Å². The number of aromatic carboxylic acids is 1. The fourth-order valence-corrected chi connectivity index (χ4v) is 2.73. The monoisotopic (exact) mass is 385 g/mol. The van der Waals surface area contributed by atoms with Crippen molar-refractivity contribution in [1.82, 2.24) is 4.57 Å². The number of methoxy groups -OCH3 is 1. The number of carboxylic acid groups (broad SMARTS) is 2. The topological polar surface area (TPSA) is 106 Å². The summed E-state index contributed by atoms with van der Waals surface area (Å²) in [6, 6.07) is 5.18. The van der Waals surface area contributed by atoms with Gasteiger partial charge in [0.15, 0.2) is 0 Å². The van der Waals surface area contributed by atoms with Gasteiger partial charge in [-0.3, -0.25) is 9.59 Å². The molecule has 144 valence electrons. The van der Waals surface area contributed by atoms with Crippen LogP contribution in [0.5, 0.6) is 5.75 Å². The first kappa shape index (κ1) is 20.0. The van der Waals surface area contributed by atoms with E-state index in [1.165, 1.54) is 31.4 Å². The third kappa shape index (κ3) is 3.78. The van der Waals surface area contributed by atoms with Gasteiger partial charge in [-0.1, -0.05) is 0 Å². The number of carbonyl (C=O) groups is 3. The van der Waals surface area contributed by atoms with Gasteiger partial charge in [-0.2, -0.15) is 13.2 Å². The van der Waals surface area contributed by atoms with E-state index in [0.717, 1.165) is 7.05 Å². The molecule has 27 heavy (non-hydrogen) atoms. The van der Waals surface area contributed by atoms with Crippen LogP contribution in [0.3, 0.4) is 0 Å². The zero-order valence-electron chi connectivity index (χ0n) is 14.1. The second kappa shape index (κ2) is 7.14. The minimum atomic E-state index is -5.18. The van der Waals surface area contributed by atoms with E-state index < -0.39 is 52.8 Å². The molecule has 1 aromatic heterocycles. The summed E-state index contributed by atoms with van der Waals surface area (Å²) >= 11 is 0. The van der Waals surface area contributed by atoms with Crippen molar-refractivity contribution in [3.8, 4) is 5.75 Å². The standard InChI is InChI=1S/C17H14F3NO6/c1-21-10(7-11(22)23)12(16(25)26)13(17(18,19)20)14(21)15(24)8-3-5-9(27-2)6-4-8/h3-6H,7H2,1-2H3,(H,22,23)(H,25,26). The largest absolute Gasteiger partial charge is 0.497 e. The van der Waals surface area contributed by atoms with Crippen LogP contribution in [0.1, 0.15) is 37.7 Å². The van der Waals surface area contributed by atoms with Gasteiger partial charge in [-0.05, 0) is 24.3 Å². The second-order valence-corrected chi connectivity index (χ2v) is 5.54. The Bertz CT molecular complexity index is 912. The predicted octanol–water partition coefficient (Wildman–Crippen LogP) is 2.61. The van der Waals surface area contributed by atoms with Crippen molar-refractivity contribution in [2.24, 2.45) is 7.05 Å². The number of alkyl halides is 3. The molecule has 7 nitrogen and oxygen atoms in total. The highest BCUT2D eigenvalue weighted by Gasteiger charge is 2.44. The number of hydrogen-bond donors (Lipinski definition) is 2. The first-order chi connectivity index (χ1) is 12.5. The third-order valence-electron chi connectivity index (χ3n) is 3.90. The molecule has 0 unspecified atom stereocenters. The number of rotatable bonds is 6. The Labute approximate surface area is 150 Å². The van der Waals surface area contributed by atoms with Crippen LogP contribution >= 0.6 is 0 Å². The van der Waals surface area contributed by atoms with E-state index in [9.17, 15) is 32.7 Å². The van der Waals surface area contributed by atoms with Crippen molar-refractivity contribution < 1.29 is 42.5 Å². The molecule has 1 aromatic carbocycles. The molecule has 0 aliphatic carbocycles. The van der Waals surface area contributed by atoms with E-state index in [-0.39, 0.29) is 5.56 Å². The molecule has 2 aromatic rings. The summed E-state index contributed by atoms with van der Waals surface area (Å²) < 4.78 is 46.4. The van der Waals surface area contributed by atoms with E-state index in [2.05, 4.69) is 0 Å². The Morgan fingerprint density at radius 3 is 2.07 bits per heavy atom. The first-order valence-corrected chi connectivity index (χ1v) is 7.41. The lowest BCUT2D eigenvalue weighted by Gasteiger charge is -2.11. The number of carbonyl (C=O) groups excluding carboxylic acids is 1. The molecule has 0 atom stereocenters. The van der Waals surface area contributed by atoms with E-state index in [1.807, 2.05) is 0 Å². The van der Waals surface area contributed by atoms with Crippen LogP contribution in [0.2, 0.25) is 0 Å². The minimum absolute atomic E-state index is 0.138. The number of halogens is 3. The summed E-state index contributed by atoms with van der Waals surface area (Å²) in [5.74, 6) is -4.22. The summed E-state index contributed by atoms with van der Waals surface area (Å²) in [6.07, 6.45) is -6.17. The molecule has 2 rings (SSSR count). The molecule has 0 fully saturated rings. The zero-order valence-corrected chi connectivity index (χ0v) is 14.1. The molecule has 0 aliphatic rings. The molecule has 0 saturated carbocycles. The molecule has 2 N–H and O–H groups in total. The maximum atomic E-state index is 13.6. The summed E-state index contributed by atoms with van der Waals surface area (Å²) in [4.78, 5) is 35.1. The zero-order chi connectivity index (χ0) is 20.5. The van der Waals surface area contributed by atoms with Crippen LogP contribution in [-0.4, -0.2) is 39.6 Å². The molecule has 0 spiro atoms. The average molecular weight is 385 g/mol. The van der Waals surface area contributed by atoms with Crippen molar-refractivity contribution in [2.75, 3.05) is 7.11 Å². The van der Waals surface area contributed by atoms with Gasteiger partial charge in [0, 0.05) is 18.3 Å². The van der Waals surface area contributed by atoms with Crippen LogP contribution in [-0.2, 0) is 24.4 Å². The number of hydrogen-bond acceptors (Lipinski definition) is 4. The van der Waals surface area contributed by atoms with E-state index >= 15 is 0 Å². The molecule has 0 aliphatic heterocycles. The van der Waals surface area contributed by atoms with Crippen molar-refractivity contribution in [1.29, 1.82) is 0 Å². The Hall–Kier alpha value is -3.30. The Balaban J connectivity index is 2.78. The summed E-state index contributed by atoms with van der Waals surface area (Å²) in [5, 5.41) is 18.2. The Kier molecular flexibility index (Phi) is 5.29. The number of ketones is 1. The number of ether oxygens (including phenoxy) is 1. The van der Waals surface area contributed by atoms with Crippen molar-refractivity contribution >= 4 is 17.7 Å². The molecule has 0 bridgehead atoms. The Morgan fingerprint density at radius 2 is 1.67 bits per heavy atom. The van der Waals surface area contributed by atoms with Gasteiger partial charge in [-0.15, -0.1) is 0 Å². The molecule has 0 radical (unpaired) electrons. The molecule has 0 saturated heterocycles. The Morgan fingerprint density at radius 1 is 1.11 bits per heavy atom. The van der Waals surface area contributed by atoms with E-state index in [4.69, 9.17) is 9.84 Å². The molecular formula is C17H14F3NO6. The van der Waals surface area contributed by atoms with Crippen molar-refractivity contribution in [3.63, 3.8) is 0 Å². The van der Waals surface area contributed by atoms with E-state index in [1.54, 1.807) is 0 Å². The van der Waals surface area contributed by atoms with Gasteiger partial charge in [-0.25, -0.2) is 4.79 Å². The minimum Gasteiger partial charge on any atom is -0.497 e. The first-order valence-electron chi connectivity index (χ1n) is 7.41. The van der Waals surface area contributed by atoms with Gasteiger partial charge in [0.1, 0.15) is 11.4 Å². The number of aromatic nitrogens is 1. The van der Waals surface area contributed by atoms with Gasteiger partial charge < -0.3 is 19.5 Å². The molecule has 1 heterocycles. The van der Waals surface area contributed by atoms with Crippen LogP contribution in [0.25, 0.3) is 0 Å². The van der Waals surface area contributed by atoms with E-state index in [0.29, 0.717) is 10.3 Å². The second-order valence-electron chi connectivity index (χ2n) is 5.54. The maximum Gasteiger partial charge on any atom is 0.419 e. The number of aliphatic carboxylic acids is 1. The van der Waals surface area contributed by atoms with Crippen LogP contribution in [0.15, 0.2) is 24.3 Å². The number of nitrogens with zero attached hydrogens (tertiary/aromatic N) is 1. The van der Waals surface area contributed by atoms with Gasteiger partial charge in [0.2, 0.25) is 5.78 Å². The predicted molar refractivity (Wildman–Crippen MR) is 85.1 cm³/mol. The SMILES string of the molecule is COc1ccc(C(=O)c2c(C(F)(F)F)c(C(=O)O)c(CC(=O)O)n2C)cc1. The van der Waals surface area contributed by atoms with Gasteiger partial charge in [0.25, 0.3) is 0 Å². The molecular weight excluding hydrogens is 371 g/mol. The normalized spacial score (nSPS) is 11.3. The van der Waals surface area contributed by atoms with Gasteiger partial charge in [0.05, 0.1) is 24.7 Å². The van der Waals surface area contributed by atoms with Crippen LogP contribution in [0, 0.1) is 0 Å². The van der Waals surface area contributed by atoms with Crippen LogP contribution in [0.4, 0.5) is 13.2 Å². The summed E-state index contributed by atoms with van der Waals surface area (Å²) in [7, 11) is 2.39. The highest BCUT2D eigenvalue weighted by molar-refractivity contribution is 6.11. The maximum absolute atomic E-state index is 13.6. The smallest absolute Gasteiger partial charge is 0.419 e. The van der Waals surface area contributed by atoms with Crippen LogP contribution < -0.4 is 4.74 Å². The number of carboxylic acids is 2. The fraction of sp³-hybridized carbons (Fsp3) is 0.235. The highest BCUT2D eigenvalue weighted by atomic mass is 19.4. The lowest BCUT2D eigenvalue weighted by atomic mass is 10.0. The molecule has 10 heteroatoms. The molecule has 0 amide bonds. The lowest BCUT2D eigenvalue weighted by Crippen LogP contribution is -2.17. The summed E-state index contributed by atoms with van der Waals surface area (Å²) in [6.45, 7) is 0.